The Labute approximate surface area is 162 Å². The predicted molar refractivity (Wildman–Crippen MR) is 109 cm³/mol. The number of ether oxygens (including phenoxy) is 1. The maximum atomic E-state index is 12.3. The third-order valence-corrected chi connectivity index (χ3v) is 5.33. The zero-order valence-electron chi connectivity index (χ0n) is 16.6. The fourth-order valence-electron chi connectivity index (χ4n) is 3.60. The van der Waals surface area contributed by atoms with Crippen molar-refractivity contribution >= 4 is 5.91 Å². The summed E-state index contributed by atoms with van der Waals surface area (Å²) in [5.74, 6) is 1.11. The van der Waals surface area contributed by atoms with Crippen LogP contribution in [0.25, 0.3) is 0 Å². The fraction of sp³-hybridized carbons (Fsp3) is 0.435. The molecule has 1 aliphatic heterocycles. The molecule has 1 N–H and O–H groups in total. The van der Waals surface area contributed by atoms with Crippen LogP contribution in [0.4, 0.5) is 0 Å². The minimum Gasteiger partial charge on any atom is -0.490 e. The predicted octanol–water partition coefficient (Wildman–Crippen LogP) is 3.77. The van der Waals surface area contributed by atoms with Crippen molar-refractivity contribution in [1.82, 2.24) is 10.2 Å². The summed E-state index contributed by atoms with van der Waals surface area (Å²) in [6, 6.07) is 14.4. The molecule has 1 aliphatic rings. The number of nitrogens with one attached hydrogen (secondary N) is 1. The largest absolute Gasteiger partial charge is 0.490 e. The van der Waals surface area contributed by atoms with Crippen LogP contribution in [-0.2, 0) is 11.3 Å². The number of likely N-dealkylation sites (tertiary alicyclic amines) is 1. The van der Waals surface area contributed by atoms with Crippen molar-refractivity contribution in [3.05, 3.63) is 64.7 Å². The number of hydrogen-bond donors (Lipinski definition) is 1. The first kappa shape index (κ1) is 19.4. The normalized spacial score (nSPS) is 15.5. The lowest BCUT2D eigenvalue weighted by Gasteiger charge is -2.32. The van der Waals surface area contributed by atoms with E-state index >= 15 is 0 Å². The van der Waals surface area contributed by atoms with Gasteiger partial charge in [0.05, 0.1) is 6.54 Å². The van der Waals surface area contributed by atoms with Gasteiger partial charge in [0.2, 0.25) is 5.91 Å². The lowest BCUT2D eigenvalue weighted by atomic mass is 10.1. The van der Waals surface area contributed by atoms with Crippen LogP contribution in [-0.4, -0.2) is 36.5 Å². The van der Waals surface area contributed by atoms with Gasteiger partial charge in [0.25, 0.3) is 0 Å². The first-order chi connectivity index (χ1) is 13.0. The molecule has 1 saturated heterocycles. The number of amides is 1. The van der Waals surface area contributed by atoms with E-state index in [4.69, 9.17) is 4.74 Å². The molecule has 0 aliphatic carbocycles. The van der Waals surface area contributed by atoms with Crippen LogP contribution in [0.5, 0.6) is 5.75 Å². The molecule has 2 aromatic rings. The molecule has 0 radical (unpaired) electrons. The SMILES string of the molecule is Cc1ccccc1CNC(=O)CN1CCC(Oc2c(C)cccc2C)CC1. The standard InChI is InChI=1S/C23H30N2O2/c1-17-7-4-5-10-20(17)15-24-22(26)16-25-13-11-21(12-14-25)27-23-18(2)8-6-9-19(23)3/h4-10,21H,11-16H2,1-3H3,(H,24,26). The van der Waals surface area contributed by atoms with E-state index < -0.39 is 0 Å². The van der Waals surface area contributed by atoms with Crippen molar-refractivity contribution in [2.45, 2.75) is 46.3 Å². The van der Waals surface area contributed by atoms with E-state index in [2.05, 4.69) is 61.3 Å². The highest BCUT2D eigenvalue weighted by molar-refractivity contribution is 5.78. The van der Waals surface area contributed by atoms with Crippen LogP contribution < -0.4 is 10.1 Å². The molecule has 0 spiro atoms. The Morgan fingerprint density at radius 3 is 2.30 bits per heavy atom. The highest BCUT2D eigenvalue weighted by Crippen LogP contribution is 2.26. The summed E-state index contributed by atoms with van der Waals surface area (Å²) in [5.41, 5.74) is 4.76. The number of carbonyl (C=O) groups excluding carboxylic acids is 1. The van der Waals surface area contributed by atoms with Crippen LogP contribution in [0.2, 0.25) is 0 Å². The molecule has 0 aromatic heterocycles. The van der Waals surface area contributed by atoms with Gasteiger partial charge in [0, 0.05) is 19.6 Å². The van der Waals surface area contributed by atoms with E-state index in [0.29, 0.717) is 13.1 Å². The number of carbonyl (C=O) groups is 1. The molecule has 0 atom stereocenters. The molecule has 2 aromatic carbocycles. The first-order valence-electron chi connectivity index (χ1n) is 9.79. The second-order valence-electron chi connectivity index (χ2n) is 7.52. The Morgan fingerprint density at radius 1 is 1.00 bits per heavy atom. The van der Waals surface area contributed by atoms with Gasteiger partial charge in [0.15, 0.2) is 0 Å². The Kier molecular flexibility index (Phi) is 6.51. The van der Waals surface area contributed by atoms with E-state index in [1.807, 2.05) is 12.1 Å². The van der Waals surface area contributed by atoms with Crippen LogP contribution in [0.15, 0.2) is 42.5 Å². The van der Waals surface area contributed by atoms with Crippen LogP contribution in [0.1, 0.15) is 35.1 Å². The molecule has 0 bridgehead atoms. The molecule has 1 heterocycles. The number of rotatable bonds is 6. The van der Waals surface area contributed by atoms with Gasteiger partial charge in [-0.25, -0.2) is 0 Å². The maximum absolute atomic E-state index is 12.3. The van der Waals surface area contributed by atoms with Crippen molar-refractivity contribution in [3.63, 3.8) is 0 Å². The van der Waals surface area contributed by atoms with Crippen molar-refractivity contribution in [1.29, 1.82) is 0 Å². The summed E-state index contributed by atoms with van der Waals surface area (Å²) in [4.78, 5) is 14.5. The Hall–Kier alpha value is -2.33. The quantitative estimate of drug-likeness (QED) is 0.846. The number of benzene rings is 2. The van der Waals surface area contributed by atoms with Gasteiger partial charge in [0.1, 0.15) is 11.9 Å². The maximum Gasteiger partial charge on any atom is 0.234 e. The second kappa shape index (κ2) is 9.05. The molecule has 0 unspecified atom stereocenters. The molecule has 27 heavy (non-hydrogen) atoms. The summed E-state index contributed by atoms with van der Waals surface area (Å²) in [6.07, 6.45) is 2.15. The van der Waals surface area contributed by atoms with Crippen molar-refractivity contribution in [2.24, 2.45) is 0 Å². The minimum absolute atomic E-state index is 0.0902. The van der Waals surface area contributed by atoms with Gasteiger partial charge in [-0.05, 0) is 55.9 Å². The smallest absolute Gasteiger partial charge is 0.234 e. The Balaban J connectivity index is 1.43. The highest BCUT2D eigenvalue weighted by Gasteiger charge is 2.23. The number of nitrogens with zero attached hydrogens (tertiary/aromatic N) is 1. The van der Waals surface area contributed by atoms with Gasteiger partial charge >= 0.3 is 0 Å². The van der Waals surface area contributed by atoms with Crippen LogP contribution >= 0.6 is 0 Å². The fourth-order valence-corrected chi connectivity index (χ4v) is 3.60. The van der Waals surface area contributed by atoms with Crippen LogP contribution in [0.3, 0.4) is 0 Å². The third kappa shape index (κ3) is 5.33. The summed E-state index contributed by atoms with van der Waals surface area (Å²) in [5, 5.41) is 3.04. The molecule has 3 rings (SSSR count). The molecule has 1 amide bonds. The van der Waals surface area contributed by atoms with Crippen molar-refractivity contribution in [2.75, 3.05) is 19.6 Å². The first-order valence-corrected chi connectivity index (χ1v) is 9.79. The number of hydrogen-bond acceptors (Lipinski definition) is 3. The lowest BCUT2D eigenvalue weighted by molar-refractivity contribution is -0.122. The van der Waals surface area contributed by atoms with Crippen LogP contribution in [0, 0.1) is 20.8 Å². The molecule has 4 nitrogen and oxygen atoms in total. The summed E-state index contributed by atoms with van der Waals surface area (Å²) >= 11 is 0. The Bertz CT molecular complexity index is 759. The van der Waals surface area contributed by atoms with Crippen molar-refractivity contribution < 1.29 is 9.53 Å². The topological polar surface area (TPSA) is 41.6 Å². The average Bonchev–Trinajstić information content (AvgIpc) is 2.65. The van der Waals surface area contributed by atoms with E-state index in [1.165, 1.54) is 22.3 Å². The molecule has 4 heteroatoms. The molecular formula is C23H30N2O2. The van der Waals surface area contributed by atoms with Crippen molar-refractivity contribution in [3.8, 4) is 5.75 Å². The number of piperidine rings is 1. The second-order valence-corrected chi connectivity index (χ2v) is 7.52. The number of aryl methyl sites for hydroxylation is 3. The van der Waals surface area contributed by atoms with E-state index in [0.717, 1.165) is 31.7 Å². The minimum atomic E-state index is 0.0902. The van der Waals surface area contributed by atoms with Gasteiger partial charge in [-0.3, -0.25) is 9.69 Å². The highest BCUT2D eigenvalue weighted by atomic mass is 16.5. The molecule has 0 saturated carbocycles. The van der Waals surface area contributed by atoms with E-state index in [-0.39, 0.29) is 12.0 Å². The summed E-state index contributed by atoms with van der Waals surface area (Å²) < 4.78 is 6.26. The Morgan fingerprint density at radius 2 is 1.63 bits per heavy atom. The molecular weight excluding hydrogens is 336 g/mol. The average molecular weight is 367 g/mol. The number of para-hydroxylation sites is 1. The zero-order chi connectivity index (χ0) is 19.2. The van der Waals surface area contributed by atoms with Gasteiger partial charge < -0.3 is 10.1 Å². The van der Waals surface area contributed by atoms with Gasteiger partial charge in [-0.1, -0.05) is 42.5 Å². The molecule has 144 valence electrons. The van der Waals surface area contributed by atoms with E-state index in [1.54, 1.807) is 0 Å². The zero-order valence-corrected chi connectivity index (χ0v) is 16.6. The van der Waals surface area contributed by atoms with Gasteiger partial charge in [-0.2, -0.15) is 0 Å². The summed E-state index contributed by atoms with van der Waals surface area (Å²) in [6.45, 7) is 9.11. The van der Waals surface area contributed by atoms with Gasteiger partial charge in [-0.15, -0.1) is 0 Å². The monoisotopic (exact) mass is 366 g/mol. The summed E-state index contributed by atoms with van der Waals surface area (Å²) in [7, 11) is 0. The molecule has 1 fully saturated rings. The van der Waals surface area contributed by atoms with E-state index in [9.17, 15) is 4.79 Å². The lowest BCUT2D eigenvalue weighted by Crippen LogP contribution is -2.43. The third-order valence-electron chi connectivity index (χ3n) is 5.33.